The topological polar surface area (TPSA) is 90.2 Å². The third-order valence-corrected chi connectivity index (χ3v) is 4.27. The second kappa shape index (κ2) is 6.45. The monoisotopic (exact) mass is 338 g/mol. The number of carbonyl (C=O) groups is 1. The number of morpholine rings is 1. The van der Waals surface area contributed by atoms with Gasteiger partial charge in [0.05, 0.1) is 35.6 Å². The van der Waals surface area contributed by atoms with Gasteiger partial charge in [-0.05, 0) is 24.3 Å². The molecule has 1 aliphatic heterocycles. The van der Waals surface area contributed by atoms with Crippen LogP contribution < -0.4 is 15.9 Å². The molecule has 4 rings (SSSR count). The fourth-order valence-corrected chi connectivity index (χ4v) is 3.02. The normalized spacial score (nSPS) is 14.6. The van der Waals surface area contributed by atoms with E-state index in [4.69, 9.17) is 4.74 Å². The number of ether oxygens (including phenoxy) is 1. The van der Waals surface area contributed by atoms with E-state index in [0.717, 1.165) is 18.8 Å². The van der Waals surface area contributed by atoms with Gasteiger partial charge < -0.3 is 24.9 Å². The van der Waals surface area contributed by atoms with Crippen molar-refractivity contribution in [1.29, 1.82) is 0 Å². The average molecular weight is 338 g/mol. The highest BCUT2D eigenvalue weighted by molar-refractivity contribution is 6.07. The van der Waals surface area contributed by atoms with Crippen LogP contribution >= 0.6 is 0 Å². The van der Waals surface area contributed by atoms with Crippen molar-refractivity contribution in [2.45, 2.75) is 0 Å². The van der Waals surface area contributed by atoms with Gasteiger partial charge in [0.1, 0.15) is 0 Å². The zero-order valence-corrected chi connectivity index (χ0v) is 13.5. The van der Waals surface area contributed by atoms with Crippen molar-refractivity contribution in [1.82, 2.24) is 9.97 Å². The Bertz CT molecular complexity index is 955. The minimum Gasteiger partial charge on any atom is -0.378 e. The molecule has 3 N–H and O–H groups in total. The Kier molecular flexibility index (Phi) is 3.99. The molecule has 3 aromatic rings. The largest absolute Gasteiger partial charge is 0.378 e. The highest BCUT2D eigenvalue weighted by Gasteiger charge is 2.18. The summed E-state index contributed by atoms with van der Waals surface area (Å²) in [5.74, 6) is -0.188. The van der Waals surface area contributed by atoms with Crippen molar-refractivity contribution in [3.05, 3.63) is 58.5 Å². The van der Waals surface area contributed by atoms with Gasteiger partial charge in [0.25, 0.3) is 5.91 Å². The van der Waals surface area contributed by atoms with Gasteiger partial charge in [-0.15, -0.1) is 0 Å². The van der Waals surface area contributed by atoms with Crippen LogP contribution in [-0.4, -0.2) is 42.2 Å². The fourth-order valence-electron chi connectivity index (χ4n) is 3.02. The van der Waals surface area contributed by atoms with Crippen LogP contribution in [0, 0.1) is 0 Å². The predicted octanol–water partition coefficient (Wildman–Crippen LogP) is 1.95. The molecule has 1 amide bonds. The molecule has 0 spiro atoms. The first kappa shape index (κ1) is 15.5. The molecule has 7 nitrogen and oxygen atoms in total. The summed E-state index contributed by atoms with van der Waals surface area (Å²) in [5.41, 5.74) is 3.22. The van der Waals surface area contributed by atoms with Gasteiger partial charge in [-0.1, -0.05) is 18.2 Å². The number of imidazole rings is 1. The lowest BCUT2D eigenvalue weighted by atomic mass is 10.1. The molecule has 0 saturated carbocycles. The third kappa shape index (κ3) is 3.14. The Hall–Kier alpha value is -3.06. The Labute approximate surface area is 143 Å². The Morgan fingerprint density at radius 2 is 1.72 bits per heavy atom. The molecule has 0 bridgehead atoms. The van der Waals surface area contributed by atoms with Crippen LogP contribution in [0.3, 0.4) is 0 Å². The minimum absolute atomic E-state index is 0.188. The second-order valence-electron chi connectivity index (χ2n) is 5.91. The number of anilines is 2. The molecule has 0 aliphatic carbocycles. The van der Waals surface area contributed by atoms with Crippen molar-refractivity contribution in [2.75, 3.05) is 36.5 Å². The molecule has 0 atom stereocenters. The number of carbonyl (C=O) groups excluding carboxylic acids is 1. The van der Waals surface area contributed by atoms with E-state index in [-0.39, 0.29) is 11.6 Å². The number of amides is 1. The standard InChI is InChI=1S/C18H18N4O3/c23-17(12-4-2-1-3-5-12)19-15-10-13-14(21-18(24)20-13)11-16(15)22-6-8-25-9-7-22/h1-5,10-11H,6-9H2,(H,19,23)(H2,20,21,24). The van der Waals surface area contributed by atoms with Crippen molar-refractivity contribution in [3.63, 3.8) is 0 Å². The van der Waals surface area contributed by atoms with Crippen molar-refractivity contribution in [2.24, 2.45) is 0 Å². The van der Waals surface area contributed by atoms with Crippen LogP contribution in [0.4, 0.5) is 11.4 Å². The molecular weight excluding hydrogens is 320 g/mol. The Morgan fingerprint density at radius 3 is 2.44 bits per heavy atom. The maximum absolute atomic E-state index is 12.6. The van der Waals surface area contributed by atoms with Crippen molar-refractivity contribution in [3.8, 4) is 0 Å². The fraction of sp³-hybridized carbons (Fsp3) is 0.222. The molecule has 0 unspecified atom stereocenters. The van der Waals surface area contributed by atoms with Crippen LogP contribution in [0.5, 0.6) is 0 Å². The molecule has 1 aliphatic rings. The molecule has 25 heavy (non-hydrogen) atoms. The summed E-state index contributed by atoms with van der Waals surface area (Å²) in [6, 6.07) is 12.7. The maximum atomic E-state index is 12.6. The van der Waals surface area contributed by atoms with E-state index in [0.29, 0.717) is 35.5 Å². The van der Waals surface area contributed by atoms with Crippen molar-refractivity contribution >= 4 is 28.3 Å². The summed E-state index contributed by atoms with van der Waals surface area (Å²) in [7, 11) is 0. The van der Waals surface area contributed by atoms with E-state index >= 15 is 0 Å². The number of aromatic nitrogens is 2. The average Bonchev–Trinajstić information content (AvgIpc) is 3.01. The first-order valence-corrected chi connectivity index (χ1v) is 8.16. The van der Waals surface area contributed by atoms with Gasteiger partial charge in [-0.25, -0.2) is 4.79 Å². The van der Waals surface area contributed by atoms with Gasteiger partial charge in [0, 0.05) is 18.7 Å². The first-order valence-electron chi connectivity index (χ1n) is 8.16. The number of aromatic amines is 2. The predicted molar refractivity (Wildman–Crippen MR) is 96.3 cm³/mol. The number of H-pyrrole nitrogens is 2. The molecule has 2 heterocycles. The molecule has 128 valence electrons. The zero-order valence-electron chi connectivity index (χ0n) is 13.5. The summed E-state index contributed by atoms with van der Waals surface area (Å²) in [4.78, 5) is 31.8. The number of nitrogens with one attached hydrogen (secondary N) is 3. The smallest absolute Gasteiger partial charge is 0.323 e. The summed E-state index contributed by atoms with van der Waals surface area (Å²) in [6.07, 6.45) is 0. The third-order valence-electron chi connectivity index (χ3n) is 4.27. The van der Waals surface area contributed by atoms with E-state index in [9.17, 15) is 9.59 Å². The van der Waals surface area contributed by atoms with Crippen LogP contribution in [-0.2, 0) is 4.74 Å². The molecule has 2 aromatic carbocycles. The SMILES string of the molecule is O=C(Nc1cc2[nH]c(=O)[nH]c2cc1N1CCOCC1)c1ccccc1. The van der Waals surface area contributed by atoms with Gasteiger partial charge >= 0.3 is 5.69 Å². The summed E-state index contributed by atoms with van der Waals surface area (Å²) in [6.45, 7) is 2.73. The number of fused-ring (bicyclic) bond motifs is 1. The molecular formula is C18H18N4O3. The van der Waals surface area contributed by atoms with Crippen LogP contribution in [0.25, 0.3) is 11.0 Å². The molecule has 1 saturated heterocycles. The lowest BCUT2D eigenvalue weighted by Crippen LogP contribution is -2.36. The number of hydrogen-bond acceptors (Lipinski definition) is 4. The van der Waals surface area contributed by atoms with E-state index in [1.165, 1.54) is 0 Å². The second-order valence-corrected chi connectivity index (χ2v) is 5.91. The molecule has 7 heteroatoms. The van der Waals surface area contributed by atoms with E-state index in [1.807, 2.05) is 24.3 Å². The number of benzene rings is 2. The van der Waals surface area contributed by atoms with E-state index in [2.05, 4.69) is 20.2 Å². The first-order chi connectivity index (χ1) is 12.2. The molecule has 0 radical (unpaired) electrons. The zero-order chi connectivity index (χ0) is 17.2. The highest BCUT2D eigenvalue weighted by atomic mass is 16.5. The van der Waals surface area contributed by atoms with Crippen LogP contribution in [0.2, 0.25) is 0 Å². The molecule has 1 fully saturated rings. The number of rotatable bonds is 3. The minimum atomic E-state index is -0.269. The van der Waals surface area contributed by atoms with E-state index < -0.39 is 0 Å². The summed E-state index contributed by atoms with van der Waals surface area (Å²) >= 11 is 0. The highest BCUT2D eigenvalue weighted by Crippen LogP contribution is 2.30. The van der Waals surface area contributed by atoms with Gasteiger partial charge in [-0.3, -0.25) is 4.79 Å². The van der Waals surface area contributed by atoms with E-state index in [1.54, 1.807) is 18.2 Å². The maximum Gasteiger partial charge on any atom is 0.323 e. The Morgan fingerprint density at radius 1 is 1.04 bits per heavy atom. The van der Waals surface area contributed by atoms with Crippen LogP contribution in [0.1, 0.15) is 10.4 Å². The van der Waals surface area contributed by atoms with Gasteiger partial charge in [0.2, 0.25) is 0 Å². The quantitative estimate of drug-likeness (QED) is 0.681. The Balaban J connectivity index is 1.74. The summed E-state index contributed by atoms with van der Waals surface area (Å²) in [5, 5.41) is 2.97. The van der Waals surface area contributed by atoms with Crippen molar-refractivity contribution < 1.29 is 9.53 Å². The van der Waals surface area contributed by atoms with Gasteiger partial charge in [-0.2, -0.15) is 0 Å². The lowest BCUT2D eigenvalue weighted by molar-refractivity contribution is 0.102. The number of nitrogens with zero attached hydrogens (tertiary/aromatic N) is 1. The van der Waals surface area contributed by atoms with Crippen LogP contribution in [0.15, 0.2) is 47.3 Å². The number of hydrogen-bond donors (Lipinski definition) is 3. The van der Waals surface area contributed by atoms with Gasteiger partial charge in [0.15, 0.2) is 0 Å². The lowest BCUT2D eigenvalue weighted by Gasteiger charge is -2.30. The molecule has 1 aromatic heterocycles. The summed E-state index contributed by atoms with van der Waals surface area (Å²) < 4.78 is 5.41.